The van der Waals surface area contributed by atoms with Crippen LogP contribution < -0.4 is 5.73 Å². The number of hydrogen-bond donors (Lipinski definition) is 1. The minimum absolute atomic E-state index is 0.411. The van der Waals surface area contributed by atoms with Gasteiger partial charge in [0.15, 0.2) is 0 Å². The summed E-state index contributed by atoms with van der Waals surface area (Å²) in [6.45, 7) is 0. The van der Waals surface area contributed by atoms with Crippen LogP contribution in [0.15, 0.2) is 35.1 Å². The fourth-order valence-electron chi connectivity index (χ4n) is 1.16. The minimum Gasteiger partial charge on any atom is -0.472 e. The molecule has 2 rings (SSSR count). The monoisotopic (exact) mass is 161 g/mol. The van der Waals surface area contributed by atoms with Crippen LogP contribution in [0, 0.1) is 0 Å². The maximum Gasteiger partial charge on any atom is 0.248 e. The summed E-state index contributed by atoms with van der Waals surface area (Å²) in [4.78, 5) is 10.8. The number of nitrogens with two attached hydrogens (primary N) is 1. The van der Waals surface area contributed by atoms with E-state index in [9.17, 15) is 4.79 Å². The largest absolute Gasteiger partial charge is 0.472 e. The second-order valence-corrected chi connectivity index (χ2v) is 2.58. The minimum atomic E-state index is -0.411. The van der Waals surface area contributed by atoms with E-state index in [1.54, 1.807) is 30.7 Å². The Kier molecular flexibility index (Phi) is 1.37. The van der Waals surface area contributed by atoms with Crippen molar-refractivity contribution in [3.05, 3.63) is 36.3 Å². The molecule has 1 aliphatic heterocycles. The average molecular weight is 161 g/mol. The van der Waals surface area contributed by atoms with Gasteiger partial charge in [0.1, 0.15) is 0 Å². The summed E-state index contributed by atoms with van der Waals surface area (Å²) in [5.41, 5.74) is 7.49. The molecule has 0 aromatic rings. The first-order valence-corrected chi connectivity index (χ1v) is 3.53. The molecule has 0 bridgehead atoms. The van der Waals surface area contributed by atoms with Crippen molar-refractivity contribution >= 4 is 5.91 Å². The van der Waals surface area contributed by atoms with Gasteiger partial charge in [0, 0.05) is 11.1 Å². The fraction of sp³-hybridized carbons (Fsp3) is 0. The molecule has 2 N–H and O–H groups in total. The van der Waals surface area contributed by atoms with Gasteiger partial charge in [0.2, 0.25) is 5.91 Å². The van der Waals surface area contributed by atoms with E-state index >= 15 is 0 Å². The number of carbonyl (C=O) groups is 1. The molecule has 1 heterocycles. The molecule has 0 saturated heterocycles. The van der Waals surface area contributed by atoms with Gasteiger partial charge in [-0.15, -0.1) is 0 Å². The van der Waals surface area contributed by atoms with E-state index in [0.717, 1.165) is 11.1 Å². The Balaban J connectivity index is 2.63. The Bertz CT molecular complexity index is 362. The molecule has 3 heteroatoms. The van der Waals surface area contributed by atoms with Crippen LogP contribution in [0.1, 0.15) is 10.4 Å². The molecule has 0 unspecified atom stereocenters. The average Bonchev–Trinajstić information content (AvgIpc) is 2.46. The lowest BCUT2D eigenvalue weighted by Crippen LogP contribution is -2.08. The topological polar surface area (TPSA) is 56.2 Å². The zero-order valence-corrected chi connectivity index (χ0v) is 6.28. The van der Waals surface area contributed by atoms with E-state index in [1.165, 1.54) is 0 Å². The first-order valence-electron chi connectivity index (χ1n) is 3.53. The molecule has 1 amide bonds. The van der Waals surface area contributed by atoms with E-state index in [0.29, 0.717) is 5.56 Å². The number of hydrogen-bond acceptors (Lipinski definition) is 2. The number of rotatable bonds is 1. The summed E-state index contributed by atoms with van der Waals surface area (Å²) < 4.78 is 4.93. The van der Waals surface area contributed by atoms with Gasteiger partial charge in [-0.1, -0.05) is 0 Å². The normalized spacial score (nSPS) is 10.3. The van der Waals surface area contributed by atoms with Crippen molar-refractivity contribution in [2.45, 2.75) is 0 Å². The zero-order valence-electron chi connectivity index (χ0n) is 6.28. The molecule has 3 nitrogen and oxygen atoms in total. The third-order valence-corrected chi connectivity index (χ3v) is 1.76. The second-order valence-electron chi connectivity index (χ2n) is 2.58. The van der Waals surface area contributed by atoms with E-state index in [-0.39, 0.29) is 0 Å². The van der Waals surface area contributed by atoms with Crippen molar-refractivity contribution < 1.29 is 9.21 Å². The van der Waals surface area contributed by atoms with Gasteiger partial charge in [-0.3, -0.25) is 4.79 Å². The molecule has 2 aliphatic rings. The molecular weight excluding hydrogens is 154 g/mol. The van der Waals surface area contributed by atoms with Gasteiger partial charge < -0.3 is 10.2 Å². The Morgan fingerprint density at radius 2 is 2.08 bits per heavy atom. The van der Waals surface area contributed by atoms with Crippen LogP contribution in [0.4, 0.5) is 0 Å². The predicted molar refractivity (Wildman–Crippen MR) is 43.8 cm³/mol. The van der Waals surface area contributed by atoms with Crippen molar-refractivity contribution in [1.29, 1.82) is 0 Å². The summed E-state index contributed by atoms with van der Waals surface area (Å²) in [6.07, 6.45) is 3.15. The van der Waals surface area contributed by atoms with Crippen LogP contribution in [0.25, 0.3) is 11.1 Å². The second kappa shape index (κ2) is 2.37. The lowest BCUT2D eigenvalue weighted by atomic mass is 10.2. The van der Waals surface area contributed by atoms with Crippen molar-refractivity contribution in [2.24, 2.45) is 5.73 Å². The molecule has 12 heavy (non-hydrogen) atoms. The van der Waals surface area contributed by atoms with Gasteiger partial charge >= 0.3 is 0 Å². The van der Waals surface area contributed by atoms with Gasteiger partial charge in [0.25, 0.3) is 0 Å². The predicted octanol–water partition coefficient (Wildman–Crippen LogP) is 1.48. The first kappa shape index (κ1) is 6.91. The first-order chi connectivity index (χ1) is 5.77. The number of carbonyl (C=O) groups excluding carboxylic acids is 1. The molecular formula is C9H7NO2. The molecule has 0 atom stereocenters. The highest BCUT2D eigenvalue weighted by molar-refractivity contribution is 5.96. The molecule has 0 aromatic carbocycles. The number of amides is 1. The van der Waals surface area contributed by atoms with E-state index < -0.39 is 5.91 Å². The quantitative estimate of drug-likeness (QED) is 0.688. The summed E-state index contributed by atoms with van der Waals surface area (Å²) in [5.74, 6) is -0.411. The molecule has 0 radical (unpaired) electrons. The Morgan fingerprint density at radius 1 is 1.33 bits per heavy atom. The zero-order chi connectivity index (χ0) is 8.55. The Labute approximate surface area is 69.1 Å². The van der Waals surface area contributed by atoms with Gasteiger partial charge in [-0.2, -0.15) is 0 Å². The maximum absolute atomic E-state index is 10.8. The van der Waals surface area contributed by atoms with Gasteiger partial charge in [0.05, 0.1) is 12.5 Å². The van der Waals surface area contributed by atoms with Crippen LogP contribution in [0.5, 0.6) is 0 Å². The molecule has 0 spiro atoms. The summed E-state index contributed by atoms with van der Waals surface area (Å²) in [7, 11) is 0. The summed E-state index contributed by atoms with van der Waals surface area (Å²) in [6, 6.07) is 5.25. The summed E-state index contributed by atoms with van der Waals surface area (Å²) >= 11 is 0. The van der Waals surface area contributed by atoms with E-state index in [2.05, 4.69) is 0 Å². The molecule has 1 aliphatic carbocycles. The van der Waals surface area contributed by atoms with E-state index in [4.69, 9.17) is 10.2 Å². The van der Waals surface area contributed by atoms with Crippen LogP contribution in [-0.4, -0.2) is 5.91 Å². The lowest BCUT2D eigenvalue weighted by molar-refractivity contribution is 0.100. The van der Waals surface area contributed by atoms with E-state index in [1.807, 2.05) is 0 Å². The Morgan fingerprint density at radius 3 is 2.75 bits per heavy atom. The Hall–Kier alpha value is -1.77. The standard InChI is InChI=1S/C9H7NO2/c10-9(11)7-3-6-1-2-12-5-8(6)4-7/h1-5H,(H2,10,11). The lowest BCUT2D eigenvalue weighted by Gasteiger charge is -1.91. The van der Waals surface area contributed by atoms with Crippen molar-refractivity contribution in [2.75, 3.05) is 0 Å². The van der Waals surface area contributed by atoms with Crippen molar-refractivity contribution in [1.82, 2.24) is 0 Å². The highest BCUT2D eigenvalue weighted by Crippen LogP contribution is 2.24. The maximum atomic E-state index is 10.8. The number of fused-ring (bicyclic) bond motifs is 1. The highest BCUT2D eigenvalue weighted by Gasteiger charge is 2.09. The van der Waals surface area contributed by atoms with Gasteiger partial charge in [-0.05, 0) is 23.8 Å². The molecule has 0 fully saturated rings. The van der Waals surface area contributed by atoms with Crippen LogP contribution in [0.2, 0.25) is 0 Å². The molecule has 0 saturated carbocycles. The third-order valence-electron chi connectivity index (χ3n) is 1.76. The SMILES string of the molecule is NC(=O)c1cc2ccocc-2c1. The van der Waals surface area contributed by atoms with Crippen molar-refractivity contribution in [3.8, 4) is 11.1 Å². The fourth-order valence-corrected chi connectivity index (χ4v) is 1.16. The summed E-state index contributed by atoms with van der Waals surface area (Å²) in [5, 5.41) is 0. The van der Waals surface area contributed by atoms with Crippen LogP contribution in [-0.2, 0) is 0 Å². The number of primary amides is 1. The van der Waals surface area contributed by atoms with Crippen LogP contribution in [0.3, 0.4) is 0 Å². The molecule has 60 valence electrons. The van der Waals surface area contributed by atoms with Crippen molar-refractivity contribution in [3.63, 3.8) is 0 Å². The van der Waals surface area contributed by atoms with Crippen LogP contribution >= 0.6 is 0 Å². The third kappa shape index (κ3) is 0.955. The van der Waals surface area contributed by atoms with Gasteiger partial charge in [-0.25, -0.2) is 0 Å². The highest BCUT2D eigenvalue weighted by atomic mass is 16.3. The smallest absolute Gasteiger partial charge is 0.248 e. The molecule has 0 aromatic heterocycles.